The number of thioether (sulfide) groups is 1. The minimum absolute atomic E-state index is 0.258. The number of ether oxygens (including phenoxy) is 2. The minimum Gasteiger partial charge on any atom is -0.363 e. The maximum absolute atomic E-state index is 5.03. The second kappa shape index (κ2) is 8.08. The van der Waals surface area contributed by atoms with Crippen molar-refractivity contribution < 1.29 is 9.47 Å². The summed E-state index contributed by atoms with van der Waals surface area (Å²) >= 11 is 1.59. The standard InChI is InChI=1S/C9H20N2O2S/c1-7(2)11-9(14-5)10-6-8(12-3)13-4/h7-8H,6H2,1-5H3,(H,10,11). The van der Waals surface area contributed by atoms with E-state index in [2.05, 4.69) is 24.2 Å². The predicted molar refractivity (Wildman–Crippen MR) is 61.9 cm³/mol. The van der Waals surface area contributed by atoms with Gasteiger partial charge in [-0.3, -0.25) is 4.99 Å². The van der Waals surface area contributed by atoms with E-state index < -0.39 is 0 Å². The number of hydrogen-bond acceptors (Lipinski definition) is 4. The Morgan fingerprint density at radius 3 is 2.29 bits per heavy atom. The van der Waals surface area contributed by atoms with Gasteiger partial charge in [0.1, 0.15) is 0 Å². The molecule has 0 aromatic heterocycles. The average molecular weight is 220 g/mol. The first-order valence-electron chi connectivity index (χ1n) is 4.54. The minimum atomic E-state index is -0.258. The van der Waals surface area contributed by atoms with Gasteiger partial charge in [0.2, 0.25) is 0 Å². The van der Waals surface area contributed by atoms with E-state index in [-0.39, 0.29) is 6.29 Å². The lowest BCUT2D eigenvalue weighted by Gasteiger charge is -2.13. The number of aliphatic imine (C=N–C) groups is 1. The Balaban J connectivity index is 4.02. The van der Waals surface area contributed by atoms with Crippen LogP contribution in [0.5, 0.6) is 0 Å². The second-order valence-corrected chi connectivity index (χ2v) is 3.84. The first kappa shape index (κ1) is 13.7. The first-order valence-corrected chi connectivity index (χ1v) is 5.77. The van der Waals surface area contributed by atoms with Gasteiger partial charge in [-0.05, 0) is 20.1 Å². The largest absolute Gasteiger partial charge is 0.363 e. The van der Waals surface area contributed by atoms with E-state index in [1.807, 2.05) is 6.26 Å². The lowest BCUT2D eigenvalue weighted by atomic mass is 10.4. The Bertz CT molecular complexity index is 170. The lowest BCUT2D eigenvalue weighted by molar-refractivity contribution is -0.0936. The van der Waals surface area contributed by atoms with Gasteiger partial charge >= 0.3 is 0 Å². The molecule has 0 rings (SSSR count). The topological polar surface area (TPSA) is 42.8 Å². The van der Waals surface area contributed by atoms with E-state index >= 15 is 0 Å². The van der Waals surface area contributed by atoms with Crippen LogP contribution in [0.3, 0.4) is 0 Å². The van der Waals surface area contributed by atoms with Crippen molar-refractivity contribution >= 4 is 16.9 Å². The van der Waals surface area contributed by atoms with Crippen LogP contribution in [0.2, 0.25) is 0 Å². The lowest BCUT2D eigenvalue weighted by Crippen LogP contribution is -2.29. The molecule has 0 aliphatic rings. The van der Waals surface area contributed by atoms with Crippen molar-refractivity contribution in [2.75, 3.05) is 27.0 Å². The van der Waals surface area contributed by atoms with E-state index in [9.17, 15) is 0 Å². The molecule has 84 valence electrons. The fraction of sp³-hybridized carbons (Fsp3) is 0.889. The van der Waals surface area contributed by atoms with Gasteiger partial charge < -0.3 is 14.8 Å². The zero-order chi connectivity index (χ0) is 11.0. The molecule has 0 saturated heterocycles. The number of amidine groups is 1. The number of methoxy groups -OCH3 is 2. The highest BCUT2D eigenvalue weighted by Crippen LogP contribution is 1.99. The Kier molecular flexibility index (Phi) is 7.93. The smallest absolute Gasteiger partial charge is 0.176 e. The molecule has 0 saturated carbocycles. The number of hydrogen-bond donors (Lipinski definition) is 1. The summed E-state index contributed by atoms with van der Waals surface area (Å²) in [4.78, 5) is 4.34. The average Bonchev–Trinajstić information content (AvgIpc) is 2.17. The third kappa shape index (κ3) is 6.23. The molecule has 0 aliphatic carbocycles. The molecule has 0 aliphatic heterocycles. The Morgan fingerprint density at radius 1 is 1.36 bits per heavy atom. The van der Waals surface area contributed by atoms with Gasteiger partial charge in [0.15, 0.2) is 11.5 Å². The molecule has 0 unspecified atom stereocenters. The zero-order valence-corrected chi connectivity index (χ0v) is 10.4. The van der Waals surface area contributed by atoms with E-state index in [1.165, 1.54) is 0 Å². The summed E-state index contributed by atoms with van der Waals surface area (Å²) in [5, 5.41) is 4.15. The highest BCUT2D eigenvalue weighted by molar-refractivity contribution is 8.13. The van der Waals surface area contributed by atoms with Crippen molar-refractivity contribution in [3.63, 3.8) is 0 Å². The second-order valence-electron chi connectivity index (χ2n) is 3.05. The fourth-order valence-corrected chi connectivity index (χ4v) is 1.38. The van der Waals surface area contributed by atoms with Crippen molar-refractivity contribution in [1.82, 2.24) is 5.32 Å². The van der Waals surface area contributed by atoms with Crippen molar-refractivity contribution in [3.05, 3.63) is 0 Å². The molecule has 14 heavy (non-hydrogen) atoms. The molecule has 0 radical (unpaired) electrons. The normalized spacial score (nSPS) is 12.6. The van der Waals surface area contributed by atoms with Crippen LogP contribution in [0.4, 0.5) is 0 Å². The number of rotatable bonds is 5. The SMILES string of the molecule is COC(CN=C(NC(C)C)SC)OC. The van der Waals surface area contributed by atoms with E-state index in [0.717, 1.165) is 5.17 Å². The van der Waals surface area contributed by atoms with Gasteiger partial charge in [-0.1, -0.05) is 11.8 Å². The summed E-state index contributed by atoms with van der Waals surface area (Å²) in [6.07, 6.45) is 1.73. The van der Waals surface area contributed by atoms with Crippen LogP contribution in [0, 0.1) is 0 Å². The summed E-state index contributed by atoms with van der Waals surface area (Å²) in [5.41, 5.74) is 0. The highest BCUT2D eigenvalue weighted by atomic mass is 32.2. The van der Waals surface area contributed by atoms with Crippen LogP contribution in [0.1, 0.15) is 13.8 Å². The molecule has 0 atom stereocenters. The van der Waals surface area contributed by atoms with Crippen molar-refractivity contribution in [2.45, 2.75) is 26.2 Å². The van der Waals surface area contributed by atoms with Gasteiger partial charge in [0.25, 0.3) is 0 Å². The summed E-state index contributed by atoms with van der Waals surface area (Å²) in [6, 6.07) is 0.393. The van der Waals surface area contributed by atoms with Gasteiger partial charge in [0, 0.05) is 20.3 Å². The van der Waals surface area contributed by atoms with Crippen molar-refractivity contribution in [1.29, 1.82) is 0 Å². The molecule has 0 aromatic rings. The summed E-state index contributed by atoms with van der Waals surface area (Å²) < 4.78 is 10.1. The van der Waals surface area contributed by atoms with Gasteiger partial charge in [0.05, 0.1) is 6.54 Å². The Labute approximate surface area is 90.5 Å². The van der Waals surface area contributed by atoms with Crippen molar-refractivity contribution in [3.8, 4) is 0 Å². The van der Waals surface area contributed by atoms with Crippen LogP contribution in [-0.2, 0) is 9.47 Å². The van der Waals surface area contributed by atoms with Crippen LogP contribution >= 0.6 is 11.8 Å². The summed E-state index contributed by atoms with van der Waals surface area (Å²) in [7, 11) is 3.22. The van der Waals surface area contributed by atoms with Gasteiger partial charge in [-0.25, -0.2) is 0 Å². The van der Waals surface area contributed by atoms with Crippen LogP contribution in [0.25, 0.3) is 0 Å². The molecule has 0 spiro atoms. The summed E-state index contributed by atoms with van der Waals surface area (Å²) in [5.74, 6) is 0. The quantitative estimate of drug-likeness (QED) is 0.431. The van der Waals surface area contributed by atoms with E-state index in [1.54, 1.807) is 26.0 Å². The molecule has 0 fully saturated rings. The number of nitrogens with one attached hydrogen (secondary N) is 1. The molecule has 1 N–H and O–H groups in total. The third-order valence-corrected chi connectivity index (χ3v) is 2.15. The number of nitrogens with zero attached hydrogens (tertiary/aromatic N) is 1. The summed E-state index contributed by atoms with van der Waals surface area (Å²) in [6.45, 7) is 4.68. The van der Waals surface area contributed by atoms with Crippen LogP contribution in [-0.4, -0.2) is 44.5 Å². The molecule has 0 aromatic carbocycles. The monoisotopic (exact) mass is 220 g/mol. The molecule has 5 heteroatoms. The van der Waals surface area contributed by atoms with E-state index in [4.69, 9.17) is 9.47 Å². The molecular formula is C9H20N2O2S. The van der Waals surface area contributed by atoms with Gasteiger partial charge in [-0.15, -0.1) is 0 Å². The van der Waals surface area contributed by atoms with Crippen LogP contribution in [0.15, 0.2) is 4.99 Å². The fourth-order valence-electron chi connectivity index (χ4n) is 0.819. The van der Waals surface area contributed by atoms with Crippen molar-refractivity contribution in [2.24, 2.45) is 4.99 Å². The Hall–Kier alpha value is -0.260. The molecule has 4 nitrogen and oxygen atoms in total. The highest BCUT2D eigenvalue weighted by Gasteiger charge is 2.04. The zero-order valence-electron chi connectivity index (χ0n) is 9.53. The third-order valence-electron chi connectivity index (χ3n) is 1.52. The predicted octanol–water partition coefficient (Wildman–Crippen LogP) is 1.32. The molecular weight excluding hydrogens is 200 g/mol. The molecule has 0 bridgehead atoms. The van der Waals surface area contributed by atoms with E-state index in [0.29, 0.717) is 12.6 Å². The maximum Gasteiger partial charge on any atom is 0.176 e. The molecule has 0 heterocycles. The van der Waals surface area contributed by atoms with Crippen LogP contribution < -0.4 is 5.32 Å². The molecule has 0 amide bonds. The Morgan fingerprint density at radius 2 is 1.93 bits per heavy atom. The maximum atomic E-state index is 5.03. The first-order chi connectivity index (χ1) is 6.63. The van der Waals surface area contributed by atoms with Gasteiger partial charge in [-0.2, -0.15) is 0 Å².